The van der Waals surface area contributed by atoms with E-state index < -0.39 is 0 Å². The molecule has 0 amide bonds. The van der Waals surface area contributed by atoms with E-state index in [1.165, 1.54) is 6.42 Å². The minimum Gasteiger partial charge on any atom is -0.389 e. The first-order valence-corrected chi connectivity index (χ1v) is 4.97. The van der Waals surface area contributed by atoms with Crippen LogP contribution in [0, 0.1) is 0 Å². The van der Waals surface area contributed by atoms with Crippen molar-refractivity contribution in [1.29, 1.82) is 0 Å². The van der Waals surface area contributed by atoms with Gasteiger partial charge in [-0.15, -0.1) is 11.3 Å². The molecule has 66 valence electrons. The lowest BCUT2D eigenvalue weighted by Crippen LogP contribution is -2.15. The number of nitrogen functional groups attached to an aromatic ring is 1. The lowest BCUT2D eigenvalue weighted by Gasteiger charge is -2.19. The maximum Gasteiger partial charge on any atom is 0.106 e. The fraction of sp³-hybridized carbons (Fsp3) is 0.625. The number of aromatic nitrogens is 1. The molecule has 0 bridgehead atoms. The van der Waals surface area contributed by atoms with Crippen LogP contribution >= 0.6 is 11.3 Å². The molecular formula is C8H12N2OS. The molecule has 1 fully saturated rings. The minimum absolute atomic E-state index is 0.487. The van der Waals surface area contributed by atoms with Crippen LogP contribution in [0.15, 0.2) is 6.20 Å². The molecule has 1 aliphatic heterocycles. The molecule has 0 aromatic carbocycles. The van der Waals surface area contributed by atoms with Gasteiger partial charge >= 0.3 is 0 Å². The normalized spacial score (nSPS) is 24.2. The Kier molecular flexibility index (Phi) is 2.28. The number of hydrogen-bond donors (Lipinski definition) is 1. The second-order valence-corrected chi connectivity index (χ2v) is 4.11. The Balaban J connectivity index is 2.08. The molecule has 0 saturated carbocycles. The molecule has 2 heterocycles. The Bertz CT molecular complexity index is 255. The Morgan fingerprint density at radius 3 is 3.17 bits per heavy atom. The van der Waals surface area contributed by atoms with Crippen molar-refractivity contribution in [3.63, 3.8) is 0 Å². The zero-order chi connectivity index (χ0) is 8.39. The second kappa shape index (κ2) is 3.41. The molecule has 3 nitrogen and oxygen atoms in total. The van der Waals surface area contributed by atoms with Gasteiger partial charge in [0.05, 0.1) is 17.8 Å². The summed E-state index contributed by atoms with van der Waals surface area (Å²) in [6.07, 6.45) is 4.06. The van der Waals surface area contributed by atoms with Gasteiger partial charge in [0.1, 0.15) is 5.00 Å². The molecular weight excluding hydrogens is 172 g/mol. The summed E-state index contributed by atoms with van der Waals surface area (Å²) in [6, 6.07) is 0. The van der Waals surface area contributed by atoms with Gasteiger partial charge in [-0.05, 0) is 12.8 Å². The molecule has 1 aliphatic rings. The minimum atomic E-state index is 0.487. The van der Waals surface area contributed by atoms with E-state index >= 15 is 0 Å². The summed E-state index contributed by atoms with van der Waals surface area (Å²) < 4.78 is 5.37. The van der Waals surface area contributed by atoms with Crippen molar-refractivity contribution in [3.8, 4) is 0 Å². The standard InChI is InChI=1S/C8H12N2OS/c9-7-4-10-8(12-7)6-2-1-3-11-5-6/h4,6H,1-3,5,9H2. The lowest BCUT2D eigenvalue weighted by atomic mass is 10.0. The van der Waals surface area contributed by atoms with Crippen LogP contribution in [0.2, 0.25) is 0 Å². The highest BCUT2D eigenvalue weighted by Gasteiger charge is 2.18. The monoisotopic (exact) mass is 184 g/mol. The van der Waals surface area contributed by atoms with Gasteiger partial charge in [-0.2, -0.15) is 0 Å². The van der Waals surface area contributed by atoms with Gasteiger partial charge in [0.25, 0.3) is 0 Å². The molecule has 1 unspecified atom stereocenters. The van der Waals surface area contributed by atoms with Crippen molar-refractivity contribution in [2.24, 2.45) is 0 Å². The Morgan fingerprint density at radius 1 is 1.67 bits per heavy atom. The predicted molar refractivity (Wildman–Crippen MR) is 49.3 cm³/mol. The molecule has 4 heteroatoms. The molecule has 0 aliphatic carbocycles. The van der Waals surface area contributed by atoms with Crippen LogP contribution in [-0.4, -0.2) is 18.2 Å². The van der Waals surface area contributed by atoms with Gasteiger partial charge in [-0.3, -0.25) is 0 Å². The smallest absolute Gasteiger partial charge is 0.106 e. The average Bonchev–Trinajstić information content (AvgIpc) is 2.54. The summed E-state index contributed by atoms with van der Waals surface area (Å²) in [5.74, 6) is 0.487. The molecule has 2 N–H and O–H groups in total. The van der Waals surface area contributed by atoms with E-state index in [-0.39, 0.29) is 0 Å². The zero-order valence-electron chi connectivity index (χ0n) is 6.82. The second-order valence-electron chi connectivity index (χ2n) is 3.01. The SMILES string of the molecule is Nc1cnc(C2CCCOC2)s1. The summed E-state index contributed by atoms with van der Waals surface area (Å²) in [6.45, 7) is 1.71. The van der Waals surface area contributed by atoms with Crippen molar-refractivity contribution in [2.45, 2.75) is 18.8 Å². The van der Waals surface area contributed by atoms with Gasteiger partial charge in [-0.25, -0.2) is 4.98 Å². The summed E-state index contributed by atoms with van der Waals surface area (Å²) in [5.41, 5.74) is 5.60. The fourth-order valence-electron chi connectivity index (χ4n) is 1.42. The number of ether oxygens (including phenoxy) is 1. The van der Waals surface area contributed by atoms with E-state index in [2.05, 4.69) is 4.98 Å². The van der Waals surface area contributed by atoms with Crippen molar-refractivity contribution >= 4 is 16.3 Å². The highest BCUT2D eigenvalue weighted by atomic mass is 32.1. The Hall–Kier alpha value is -0.610. The highest BCUT2D eigenvalue weighted by Crippen LogP contribution is 2.29. The third kappa shape index (κ3) is 1.59. The van der Waals surface area contributed by atoms with Crippen LogP contribution in [0.3, 0.4) is 0 Å². The van der Waals surface area contributed by atoms with E-state index in [4.69, 9.17) is 10.5 Å². The van der Waals surface area contributed by atoms with E-state index in [0.29, 0.717) is 5.92 Å². The topological polar surface area (TPSA) is 48.1 Å². The van der Waals surface area contributed by atoms with Crippen molar-refractivity contribution in [3.05, 3.63) is 11.2 Å². The van der Waals surface area contributed by atoms with Crippen molar-refractivity contribution < 1.29 is 4.74 Å². The quantitative estimate of drug-likeness (QED) is 0.721. The van der Waals surface area contributed by atoms with Crippen LogP contribution in [0.4, 0.5) is 5.00 Å². The van der Waals surface area contributed by atoms with Crippen LogP contribution < -0.4 is 5.73 Å². The van der Waals surface area contributed by atoms with Crippen LogP contribution in [0.25, 0.3) is 0 Å². The largest absolute Gasteiger partial charge is 0.389 e. The maximum absolute atomic E-state index is 5.60. The zero-order valence-corrected chi connectivity index (χ0v) is 7.64. The maximum atomic E-state index is 5.60. The summed E-state index contributed by atoms with van der Waals surface area (Å²) in [7, 11) is 0. The third-order valence-corrected chi connectivity index (χ3v) is 3.04. The first-order valence-electron chi connectivity index (χ1n) is 4.15. The molecule has 0 spiro atoms. The summed E-state index contributed by atoms with van der Waals surface area (Å²) in [4.78, 5) is 4.25. The number of nitrogens with zero attached hydrogens (tertiary/aromatic N) is 1. The molecule has 2 rings (SSSR count). The molecule has 1 aromatic heterocycles. The van der Waals surface area contributed by atoms with Gasteiger partial charge in [-0.1, -0.05) is 0 Å². The van der Waals surface area contributed by atoms with E-state index in [0.717, 1.165) is 29.6 Å². The number of anilines is 1. The van der Waals surface area contributed by atoms with Gasteiger partial charge in [0.15, 0.2) is 0 Å². The number of hydrogen-bond acceptors (Lipinski definition) is 4. The highest BCUT2D eigenvalue weighted by molar-refractivity contribution is 7.15. The third-order valence-electron chi connectivity index (χ3n) is 2.05. The molecule has 0 radical (unpaired) electrons. The van der Waals surface area contributed by atoms with Crippen LogP contribution in [-0.2, 0) is 4.74 Å². The first kappa shape index (κ1) is 8.01. The summed E-state index contributed by atoms with van der Waals surface area (Å²) in [5, 5.41) is 1.93. The van der Waals surface area contributed by atoms with E-state index in [9.17, 15) is 0 Å². The molecule has 1 aromatic rings. The molecule has 1 atom stereocenters. The van der Waals surface area contributed by atoms with Crippen molar-refractivity contribution in [1.82, 2.24) is 4.98 Å². The first-order chi connectivity index (χ1) is 5.86. The Labute approximate surface area is 75.6 Å². The number of nitrogens with two attached hydrogens (primary N) is 1. The molecule has 12 heavy (non-hydrogen) atoms. The van der Waals surface area contributed by atoms with Crippen LogP contribution in [0.1, 0.15) is 23.8 Å². The van der Waals surface area contributed by atoms with E-state index in [1.807, 2.05) is 0 Å². The molecule has 1 saturated heterocycles. The number of thiazole rings is 1. The fourth-order valence-corrected chi connectivity index (χ4v) is 2.23. The van der Waals surface area contributed by atoms with Gasteiger partial charge < -0.3 is 10.5 Å². The Morgan fingerprint density at radius 2 is 2.58 bits per heavy atom. The van der Waals surface area contributed by atoms with Crippen LogP contribution in [0.5, 0.6) is 0 Å². The lowest BCUT2D eigenvalue weighted by molar-refractivity contribution is 0.0804. The summed E-state index contributed by atoms with van der Waals surface area (Å²) >= 11 is 1.58. The average molecular weight is 184 g/mol. The van der Waals surface area contributed by atoms with Gasteiger partial charge in [0, 0.05) is 12.5 Å². The van der Waals surface area contributed by atoms with Crippen molar-refractivity contribution in [2.75, 3.05) is 18.9 Å². The van der Waals surface area contributed by atoms with Gasteiger partial charge in [0.2, 0.25) is 0 Å². The van der Waals surface area contributed by atoms with E-state index in [1.54, 1.807) is 17.5 Å². The number of rotatable bonds is 1. The predicted octanol–water partition coefficient (Wildman–Crippen LogP) is 1.62.